The minimum absolute atomic E-state index is 0.0122. The van der Waals surface area contributed by atoms with Gasteiger partial charge in [-0.3, -0.25) is 5.32 Å². The predicted molar refractivity (Wildman–Crippen MR) is 79.8 cm³/mol. The minimum Gasteiger partial charge on any atom is -0.373 e. The number of aryl methyl sites for hydroxylation is 1. The molecular formula is C14H19F2N3O2S. The molecule has 3 rings (SSSR count). The lowest BCUT2D eigenvalue weighted by Crippen LogP contribution is -2.43. The molecule has 1 aromatic rings. The van der Waals surface area contributed by atoms with Crippen LogP contribution in [0.1, 0.15) is 30.8 Å². The van der Waals surface area contributed by atoms with Gasteiger partial charge in [-0.05, 0) is 12.8 Å². The average molecular weight is 331 g/mol. The molecule has 0 unspecified atom stereocenters. The van der Waals surface area contributed by atoms with Crippen LogP contribution in [0.2, 0.25) is 0 Å². The van der Waals surface area contributed by atoms with Gasteiger partial charge in [-0.25, -0.2) is 18.6 Å². The number of amides is 2. The van der Waals surface area contributed by atoms with E-state index < -0.39 is 25.1 Å². The number of hydrogen-bond donors (Lipinski definition) is 1. The molecule has 0 saturated carbocycles. The van der Waals surface area contributed by atoms with Crippen molar-refractivity contribution in [3.05, 3.63) is 10.6 Å². The van der Waals surface area contributed by atoms with E-state index in [1.807, 2.05) is 0 Å². The Kier molecular flexibility index (Phi) is 3.84. The fourth-order valence-electron chi connectivity index (χ4n) is 2.79. The monoisotopic (exact) mass is 331 g/mol. The van der Waals surface area contributed by atoms with Crippen LogP contribution in [0.4, 0.5) is 18.7 Å². The molecule has 2 amide bonds. The zero-order valence-electron chi connectivity index (χ0n) is 12.6. The molecule has 8 heteroatoms. The van der Waals surface area contributed by atoms with Crippen molar-refractivity contribution in [1.82, 2.24) is 9.88 Å². The van der Waals surface area contributed by atoms with Crippen LogP contribution < -0.4 is 5.32 Å². The third kappa shape index (κ3) is 3.08. The van der Waals surface area contributed by atoms with Gasteiger partial charge < -0.3 is 9.64 Å². The Hall–Kier alpha value is -1.28. The highest BCUT2D eigenvalue weighted by Crippen LogP contribution is 2.42. The van der Waals surface area contributed by atoms with Gasteiger partial charge in [0.15, 0.2) is 5.13 Å². The third-order valence-electron chi connectivity index (χ3n) is 4.06. The van der Waals surface area contributed by atoms with Crippen LogP contribution >= 0.6 is 11.3 Å². The molecule has 5 nitrogen and oxygen atoms in total. The molecule has 1 N–H and O–H groups in total. The van der Waals surface area contributed by atoms with Crippen molar-refractivity contribution in [3.63, 3.8) is 0 Å². The lowest BCUT2D eigenvalue weighted by Gasteiger charge is -2.23. The zero-order valence-corrected chi connectivity index (χ0v) is 13.4. The van der Waals surface area contributed by atoms with Gasteiger partial charge in [-0.2, -0.15) is 0 Å². The predicted octanol–water partition coefficient (Wildman–Crippen LogP) is 2.87. The number of halogens is 2. The first-order valence-corrected chi connectivity index (χ1v) is 8.10. The van der Waals surface area contributed by atoms with Crippen LogP contribution in [-0.4, -0.2) is 48.1 Å². The van der Waals surface area contributed by atoms with Gasteiger partial charge in [0.05, 0.1) is 18.8 Å². The molecule has 1 aliphatic heterocycles. The van der Waals surface area contributed by atoms with Crippen molar-refractivity contribution in [2.75, 3.05) is 31.6 Å². The van der Waals surface area contributed by atoms with Crippen molar-refractivity contribution < 1.29 is 18.3 Å². The van der Waals surface area contributed by atoms with E-state index in [9.17, 15) is 13.6 Å². The molecule has 0 radical (unpaired) electrons. The molecule has 0 spiro atoms. The normalized spacial score (nSPS) is 23.0. The van der Waals surface area contributed by atoms with Crippen LogP contribution in [0.15, 0.2) is 0 Å². The molecule has 1 aliphatic carbocycles. The van der Waals surface area contributed by atoms with Gasteiger partial charge in [0.1, 0.15) is 6.61 Å². The van der Waals surface area contributed by atoms with Crippen molar-refractivity contribution >= 4 is 22.5 Å². The molecule has 0 aromatic carbocycles. The standard InChI is InChI=1S/C14H19F2N3O2S/c1-13(2)4-3-9-10(13)17-11(22-9)18-12(20)19-5-6-21-8-14(15,16)7-19/h3-8H2,1-2H3,(H,17,18,20). The van der Waals surface area contributed by atoms with E-state index in [1.165, 1.54) is 16.2 Å². The highest BCUT2D eigenvalue weighted by Gasteiger charge is 2.37. The van der Waals surface area contributed by atoms with Gasteiger partial charge in [-0.1, -0.05) is 13.8 Å². The number of carbonyl (C=O) groups excluding carboxylic acids is 1. The molecule has 2 heterocycles. The molecule has 122 valence electrons. The maximum absolute atomic E-state index is 13.5. The molecule has 22 heavy (non-hydrogen) atoms. The number of nitrogens with zero attached hydrogens (tertiary/aromatic N) is 2. The summed E-state index contributed by atoms with van der Waals surface area (Å²) < 4.78 is 31.8. The third-order valence-corrected chi connectivity index (χ3v) is 5.09. The van der Waals surface area contributed by atoms with Crippen LogP contribution in [0.5, 0.6) is 0 Å². The smallest absolute Gasteiger partial charge is 0.323 e. The summed E-state index contributed by atoms with van der Waals surface area (Å²) in [5, 5.41) is 3.13. The number of hydrogen-bond acceptors (Lipinski definition) is 4. The molecular weight excluding hydrogens is 312 g/mol. The summed E-state index contributed by atoms with van der Waals surface area (Å²) in [5.74, 6) is -3.01. The average Bonchev–Trinajstić information content (AvgIpc) is 2.87. The second-order valence-electron chi connectivity index (χ2n) is 6.43. The molecule has 0 bridgehead atoms. The molecule has 0 atom stereocenters. The minimum atomic E-state index is -3.01. The second-order valence-corrected chi connectivity index (χ2v) is 7.52. The van der Waals surface area contributed by atoms with Gasteiger partial charge in [-0.15, -0.1) is 11.3 Å². The van der Waals surface area contributed by atoms with E-state index in [2.05, 4.69) is 24.1 Å². The van der Waals surface area contributed by atoms with E-state index in [4.69, 9.17) is 4.74 Å². The van der Waals surface area contributed by atoms with Crippen LogP contribution in [-0.2, 0) is 16.6 Å². The van der Waals surface area contributed by atoms with Crippen LogP contribution in [0.3, 0.4) is 0 Å². The van der Waals surface area contributed by atoms with E-state index in [0.29, 0.717) is 5.13 Å². The lowest BCUT2D eigenvalue weighted by atomic mass is 9.91. The van der Waals surface area contributed by atoms with E-state index in [1.54, 1.807) is 0 Å². The van der Waals surface area contributed by atoms with E-state index in [-0.39, 0.29) is 18.6 Å². The quantitative estimate of drug-likeness (QED) is 0.861. The van der Waals surface area contributed by atoms with Gasteiger partial charge in [0.25, 0.3) is 5.92 Å². The van der Waals surface area contributed by atoms with E-state index >= 15 is 0 Å². The maximum Gasteiger partial charge on any atom is 0.323 e. The number of anilines is 1. The van der Waals surface area contributed by atoms with Crippen molar-refractivity contribution in [1.29, 1.82) is 0 Å². The fraction of sp³-hybridized carbons (Fsp3) is 0.714. The number of fused-ring (bicyclic) bond motifs is 1. The highest BCUT2D eigenvalue weighted by molar-refractivity contribution is 7.16. The summed E-state index contributed by atoms with van der Waals surface area (Å²) >= 11 is 1.43. The Labute approximate surface area is 131 Å². The highest BCUT2D eigenvalue weighted by atomic mass is 32.1. The first kappa shape index (κ1) is 15.6. The Bertz CT molecular complexity index is 589. The number of thiazole rings is 1. The Morgan fingerprint density at radius 2 is 2.23 bits per heavy atom. The summed E-state index contributed by atoms with van der Waals surface area (Å²) in [5.41, 5.74) is 1.02. The largest absolute Gasteiger partial charge is 0.373 e. The topological polar surface area (TPSA) is 54.5 Å². The zero-order chi connectivity index (χ0) is 16.0. The molecule has 1 fully saturated rings. The Balaban J connectivity index is 1.70. The SMILES string of the molecule is CC1(C)CCc2sc(NC(=O)N3CCOCC(F)(F)C3)nc21. The first-order chi connectivity index (χ1) is 10.3. The number of carbonyl (C=O) groups is 1. The summed E-state index contributed by atoms with van der Waals surface area (Å²) in [4.78, 5) is 18.9. The van der Waals surface area contributed by atoms with Crippen LogP contribution in [0, 0.1) is 0 Å². The lowest BCUT2D eigenvalue weighted by molar-refractivity contribution is -0.0648. The summed E-state index contributed by atoms with van der Waals surface area (Å²) in [7, 11) is 0. The number of rotatable bonds is 1. The molecule has 1 aromatic heterocycles. The summed E-state index contributed by atoms with van der Waals surface area (Å²) in [6, 6.07) is -0.546. The van der Waals surface area contributed by atoms with Gasteiger partial charge in [0.2, 0.25) is 0 Å². The maximum atomic E-state index is 13.5. The molecule has 2 aliphatic rings. The van der Waals surface area contributed by atoms with Gasteiger partial charge in [0, 0.05) is 16.8 Å². The van der Waals surface area contributed by atoms with E-state index in [0.717, 1.165) is 23.4 Å². The fourth-order valence-corrected chi connectivity index (χ4v) is 3.92. The van der Waals surface area contributed by atoms with Crippen molar-refractivity contribution in [2.24, 2.45) is 0 Å². The van der Waals surface area contributed by atoms with Crippen molar-refractivity contribution in [2.45, 2.75) is 38.0 Å². The van der Waals surface area contributed by atoms with Gasteiger partial charge >= 0.3 is 6.03 Å². The van der Waals surface area contributed by atoms with Crippen LogP contribution in [0.25, 0.3) is 0 Å². The molecule has 1 saturated heterocycles. The number of ether oxygens (including phenoxy) is 1. The first-order valence-electron chi connectivity index (χ1n) is 7.29. The number of aromatic nitrogens is 1. The number of alkyl halides is 2. The number of urea groups is 1. The Morgan fingerprint density at radius 3 is 2.95 bits per heavy atom. The second kappa shape index (κ2) is 5.42. The number of nitrogens with one attached hydrogen (secondary N) is 1. The summed E-state index contributed by atoms with van der Waals surface area (Å²) in [6.07, 6.45) is 2.00. The Morgan fingerprint density at radius 1 is 1.45 bits per heavy atom. The summed E-state index contributed by atoms with van der Waals surface area (Å²) in [6.45, 7) is 3.24. The van der Waals surface area contributed by atoms with Crippen molar-refractivity contribution in [3.8, 4) is 0 Å².